The number of nitrogens with zero attached hydrogens (tertiary/aromatic N) is 3. The van der Waals surface area contributed by atoms with Crippen LogP contribution in [0.5, 0.6) is 0 Å². The lowest BCUT2D eigenvalue weighted by Gasteiger charge is -2.19. The molecule has 1 unspecified atom stereocenters. The summed E-state index contributed by atoms with van der Waals surface area (Å²) in [4.78, 5) is 10.6. The van der Waals surface area contributed by atoms with Crippen molar-refractivity contribution in [2.24, 2.45) is 5.92 Å². The van der Waals surface area contributed by atoms with Crippen molar-refractivity contribution >= 4 is 16.5 Å². The fourth-order valence-electron chi connectivity index (χ4n) is 2.35. The predicted octanol–water partition coefficient (Wildman–Crippen LogP) is 2.03. The predicted molar refractivity (Wildman–Crippen MR) is 83.0 cm³/mol. The summed E-state index contributed by atoms with van der Waals surface area (Å²) in [5.74, 6) is 0.701. The van der Waals surface area contributed by atoms with Crippen molar-refractivity contribution in [1.82, 2.24) is 15.2 Å². The summed E-state index contributed by atoms with van der Waals surface area (Å²) in [6.45, 7) is 8.72. The number of hydrogen-bond donors (Lipinski definition) is 1. The van der Waals surface area contributed by atoms with Crippen LogP contribution in [0.2, 0.25) is 0 Å². The number of thiazole rings is 1. The van der Waals surface area contributed by atoms with Crippen molar-refractivity contribution in [2.75, 3.05) is 38.6 Å². The Morgan fingerprint density at radius 1 is 1.53 bits per heavy atom. The second-order valence-corrected chi connectivity index (χ2v) is 7.08. The van der Waals surface area contributed by atoms with Crippen molar-refractivity contribution in [1.29, 1.82) is 0 Å². The van der Waals surface area contributed by atoms with E-state index < -0.39 is 0 Å². The molecule has 1 N–H and O–H groups in total. The van der Waals surface area contributed by atoms with Crippen molar-refractivity contribution in [3.05, 3.63) is 11.1 Å². The van der Waals surface area contributed by atoms with Gasteiger partial charge in [0.05, 0.1) is 0 Å². The molecule has 0 aliphatic carbocycles. The van der Waals surface area contributed by atoms with E-state index in [1.165, 1.54) is 16.4 Å². The molecule has 0 amide bonds. The molecule has 2 rings (SSSR count). The minimum absolute atomic E-state index is 0.673. The number of likely N-dealkylation sites (N-methyl/N-ethyl adjacent to an activating group) is 1. The van der Waals surface area contributed by atoms with Gasteiger partial charge in [-0.2, -0.15) is 0 Å². The third-order valence-electron chi connectivity index (χ3n) is 3.56. The lowest BCUT2D eigenvalue weighted by molar-refractivity contribution is 0.315. The standard InChI is InChI=1S/C14H26N4S/c1-11(2)7-15-8-13-9-16-14(19-13)18-6-5-12(10-18)17(3)4/h9,11-12,15H,5-8,10H2,1-4H3. The smallest absolute Gasteiger partial charge is 0.185 e. The highest BCUT2D eigenvalue weighted by Crippen LogP contribution is 2.26. The van der Waals surface area contributed by atoms with E-state index in [4.69, 9.17) is 0 Å². The monoisotopic (exact) mass is 282 g/mol. The van der Waals surface area contributed by atoms with Crippen LogP contribution < -0.4 is 10.2 Å². The molecular weight excluding hydrogens is 256 g/mol. The van der Waals surface area contributed by atoms with Gasteiger partial charge in [0.25, 0.3) is 0 Å². The highest BCUT2D eigenvalue weighted by molar-refractivity contribution is 7.15. The maximum Gasteiger partial charge on any atom is 0.185 e. The zero-order valence-electron chi connectivity index (χ0n) is 12.5. The normalized spacial score (nSPS) is 19.9. The van der Waals surface area contributed by atoms with Crippen LogP contribution in [-0.4, -0.2) is 49.7 Å². The van der Waals surface area contributed by atoms with Crippen molar-refractivity contribution in [2.45, 2.75) is 32.9 Å². The Kier molecular flexibility index (Phi) is 5.19. The third-order valence-corrected chi connectivity index (χ3v) is 4.62. The maximum atomic E-state index is 4.58. The van der Waals surface area contributed by atoms with Crippen molar-refractivity contribution < 1.29 is 0 Å². The molecule has 1 aromatic rings. The van der Waals surface area contributed by atoms with Crippen LogP contribution in [-0.2, 0) is 6.54 Å². The van der Waals surface area contributed by atoms with E-state index in [-0.39, 0.29) is 0 Å². The molecule has 1 atom stereocenters. The summed E-state index contributed by atoms with van der Waals surface area (Å²) in [6.07, 6.45) is 3.27. The van der Waals surface area contributed by atoms with Gasteiger partial charge in [0.1, 0.15) is 0 Å². The lowest BCUT2D eigenvalue weighted by Crippen LogP contribution is -2.31. The van der Waals surface area contributed by atoms with Gasteiger partial charge in [-0.1, -0.05) is 13.8 Å². The Bertz CT molecular complexity index is 389. The second kappa shape index (κ2) is 6.68. The molecule has 1 saturated heterocycles. The van der Waals surface area contributed by atoms with E-state index in [9.17, 15) is 0 Å². The molecule has 1 fully saturated rings. The Hall–Kier alpha value is -0.650. The third kappa shape index (κ3) is 4.16. The zero-order chi connectivity index (χ0) is 13.8. The lowest BCUT2D eigenvalue weighted by atomic mass is 10.2. The largest absolute Gasteiger partial charge is 0.346 e. The van der Waals surface area contributed by atoms with E-state index >= 15 is 0 Å². The fourth-order valence-corrected chi connectivity index (χ4v) is 3.26. The summed E-state index contributed by atoms with van der Waals surface area (Å²) >= 11 is 1.83. The minimum atomic E-state index is 0.673. The number of rotatable bonds is 6. The van der Waals surface area contributed by atoms with Crippen LogP contribution in [0.3, 0.4) is 0 Å². The average molecular weight is 282 g/mol. The molecule has 1 aliphatic rings. The van der Waals surface area contributed by atoms with Gasteiger partial charge in [0.15, 0.2) is 5.13 Å². The van der Waals surface area contributed by atoms with Gasteiger partial charge in [-0.05, 0) is 33.0 Å². The summed E-state index contributed by atoms with van der Waals surface area (Å²) in [7, 11) is 4.33. The summed E-state index contributed by atoms with van der Waals surface area (Å²) in [6, 6.07) is 0.673. The van der Waals surface area contributed by atoms with Gasteiger partial charge in [0, 0.05) is 36.8 Å². The van der Waals surface area contributed by atoms with Gasteiger partial charge in [-0.3, -0.25) is 0 Å². The van der Waals surface area contributed by atoms with Gasteiger partial charge in [0.2, 0.25) is 0 Å². The van der Waals surface area contributed by atoms with Crippen LogP contribution in [0, 0.1) is 5.92 Å². The van der Waals surface area contributed by atoms with Crippen LogP contribution in [0.1, 0.15) is 25.1 Å². The molecule has 1 aliphatic heterocycles. The quantitative estimate of drug-likeness (QED) is 0.865. The van der Waals surface area contributed by atoms with Gasteiger partial charge in [-0.15, -0.1) is 11.3 Å². The van der Waals surface area contributed by atoms with Gasteiger partial charge in [-0.25, -0.2) is 4.98 Å². The van der Waals surface area contributed by atoms with Crippen LogP contribution >= 0.6 is 11.3 Å². The topological polar surface area (TPSA) is 31.4 Å². The first-order valence-electron chi connectivity index (χ1n) is 7.13. The minimum Gasteiger partial charge on any atom is -0.346 e. The highest BCUT2D eigenvalue weighted by Gasteiger charge is 2.25. The summed E-state index contributed by atoms with van der Waals surface area (Å²) < 4.78 is 0. The van der Waals surface area contributed by atoms with E-state index in [1.54, 1.807) is 0 Å². The first kappa shape index (κ1) is 14.8. The molecule has 0 saturated carbocycles. The Labute approximate surface area is 120 Å². The van der Waals surface area contributed by atoms with E-state index in [0.29, 0.717) is 12.0 Å². The fraction of sp³-hybridized carbons (Fsp3) is 0.786. The van der Waals surface area contributed by atoms with E-state index in [0.717, 1.165) is 26.2 Å². The first-order valence-corrected chi connectivity index (χ1v) is 7.94. The molecule has 0 spiro atoms. The maximum absolute atomic E-state index is 4.58. The first-order chi connectivity index (χ1) is 9.06. The molecule has 4 nitrogen and oxygen atoms in total. The molecule has 1 aromatic heterocycles. The molecule has 0 radical (unpaired) electrons. The van der Waals surface area contributed by atoms with Crippen molar-refractivity contribution in [3.8, 4) is 0 Å². The van der Waals surface area contributed by atoms with Gasteiger partial charge >= 0.3 is 0 Å². The SMILES string of the molecule is CC(C)CNCc1cnc(N2CCC(N(C)C)C2)s1. The summed E-state index contributed by atoms with van der Waals surface area (Å²) in [5.41, 5.74) is 0. The molecule has 108 valence electrons. The number of aromatic nitrogens is 1. The molecule has 0 aromatic carbocycles. The Balaban J connectivity index is 1.84. The molecule has 0 bridgehead atoms. The Morgan fingerprint density at radius 3 is 2.95 bits per heavy atom. The number of nitrogens with one attached hydrogen (secondary N) is 1. The summed E-state index contributed by atoms with van der Waals surface area (Å²) in [5, 5.41) is 4.66. The molecule has 19 heavy (non-hydrogen) atoms. The molecular formula is C14H26N4S. The van der Waals surface area contributed by atoms with Crippen LogP contribution in [0.4, 0.5) is 5.13 Å². The van der Waals surface area contributed by atoms with Crippen LogP contribution in [0.25, 0.3) is 0 Å². The van der Waals surface area contributed by atoms with Crippen LogP contribution in [0.15, 0.2) is 6.20 Å². The zero-order valence-corrected chi connectivity index (χ0v) is 13.3. The average Bonchev–Trinajstić information content (AvgIpc) is 2.95. The molecule has 5 heteroatoms. The Morgan fingerprint density at radius 2 is 2.32 bits per heavy atom. The van der Waals surface area contributed by atoms with E-state index in [1.807, 2.05) is 17.5 Å². The van der Waals surface area contributed by atoms with Gasteiger partial charge < -0.3 is 15.1 Å². The van der Waals surface area contributed by atoms with Crippen molar-refractivity contribution in [3.63, 3.8) is 0 Å². The van der Waals surface area contributed by atoms with E-state index in [2.05, 4.69) is 48.0 Å². The number of anilines is 1. The molecule has 2 heterocycles. The number of hydrogen-bond acceptors (Lipinski definition) is 5. The second-order valence-electron chi connectivity index (χ2n) is 5.99. The highest BCUT2D eigenvalue weighted by atomic mass is 32.1.